The van der Waals surface area contributed by atoms with Crippen LogP contribution in [0.4, 0.5) is 0 Å². The van der Waals surface area contributed by atoms with Crippen molar-refractivity contribution in [3.8, 4) is 0 Å². The fourth-order valence-corrected chi connectivity index (χ4v) is 2.79. The molecule has 0 bridgehead atoms. The third kappa shape index (κ3) is 1.88. The molecule has 2 unspecified atom stereocenters. The molecular formula is C14H16N2O2. The highest BCUT2D eigenvalue weighted by Crippen LogP contribution is 2.30. The summed E-state index contributed by atoms with van der Waals surface area (Å²) in [6.45, 7) is 0. The molecule has 1 aromatic carbocycles. The summed E-state index contributed by atoms with van der Waals surface area (Å²) >= 11 is 0. The standard InChI is InChI=1S/C14H16N2O2/c17-14(18)13-6-2-5-12(16-13)9-3-1-4-11-10(9)7-8-15-11/h1,3-4,7-8,12-13,15-16H,2,5-6H2,(H,17,18). The molecule has 3 N–H and O–H groups in total. The Morgan fingerprint density at radius 3 is 3.00 bits per heavy atom. The molecule has 94 valence electrons. The minimum absolute atomic E-state index is 0.138. The van der Waals surface area contributed by atoms with Gasteiger partial charge in [-0.15, -0.1) is 0 Å². The van der Waals surface area contributed by atoms with Crippen molar-refractivity contribution in [1.82, 2.24) is 10.3 Å². The molecule has 0 saturated carbocycles. The molecule has 1 fully saturated rings. The predicted octanol–water partition coefficient (Wildman–Crippen LogP) is 2.44. The first-order valence-corrected chi connectivity index (χ1v) is 6.30. The van der Waals surface area contributed by atoms with Crippen LogP contribution in [-0.2, 0) is 4.79 Å². The molecule has 1 aromatic heterocycles. The van der Waals surface area contributed by atoms with E-state index in [-0.39, 0.29) is 6.04 Å². The van der Waals surface area contributed by atoms with Crippen LogP contribution in [0.3, 0.4) is 0 Å². The van der Waals surface area contributed by atoms with Crippen LogP contribution >= 0.6 is 0 Å². The molecule has 1 aliphatic rings. The minimum atomic E-state index is -0.749. The van der Waals surface area contributed by atoms with Crippen molar-refractivity contribution in [2.75, 3.05) is 0 Å². The number of carboxylic acid groups (broad SMARTS) is 1. The van der Waals surface area contributed by atoms with Crippen LogP contribution in [0.5, 0.6) is 0 Å². The lowest BCUT2D eigenvalue weighted by molar-refractivity contribution is -0.140. The molecule has 4 nitrogen and oxygen atoms in total. The second-order valence-corrected chi connectivity index (χ2v) is 4.83. The van der Waals surface area contributed by atoms with E-state index in [0.717, 1.165) is 24.8 Å². The summed E-state index contributed by atoms with van der Waals surface area (Å²) < 4.78 is 0. The number of piperidine rings is 1. The van der Waals surface area contributed by atoms with Gasteiger partial charge in [0.15, 0.2) is 0 Å². The predicted molar refractivity (Wildman–Crippen MR) is 69.5 cm³/mol. The normalized spacial score (nSPS) is 24.2. The molecule has 18 heavy (non-hydrogen) atoms. The number of hydrogen-bond acceptors (Lipinski definition) is 2. The fourth-order valence-electron chi connectivity index (χ4n) is 2.79. The van der Waals surface area contributed by atoms with Crippen molar-refractivity contribution in [2.45, 2.75) is 31.3 Å². The smallest absolute Gasteiger partial charge is 0.320 e. The van der Waals surface area contributed by atoms with Crippen LogP contribution in [0.15, 0.2) is 30.5 Å². The fraction of sp³-hybridized carbons (Fsp3) is 0.357. The lowest BCUT2D eigenvalue weighted by atomic mass is 9.92. The Morgan fingerprint density at radius 1 is 1.28 bits per heavy atom. The third-order valence-electron chi connectivity index (χ3n) is 3.69. The zero-order chi connectivity index (χ0) is 12.5. The van der Waals surface area contributed by atoms with Gasteiger partial charge in [0, 0.05) is 23.1 Å². The zero-order valence-corrected chi connectivity index (χ0v) is 10.0. The maximum absolute atomic E-state index is 11.1. The topological polar surface area (TPSA) is 65.1 Å². The molecule has 1 aliphatic heterocycles. The summed E-state index contributed by atoms with van der Waals surface area (Å²) in [6.07, 6.45) is 4.59. The molecule has 0 radical (unpaired) electrons. The third-order valence-corrected chi connectivity index (χ3v) is 3.69. The number of H-pyrrole nitrogens is 1. The van der Waals surface area contributed by atoms with Gasteiger partial charge in [0.05, 0.1) is 0 Å². The Hall–Kier alpha value is -1.81. The lowest BCUT2D eigenvalue weighted by Gasteiger charge is -2.29. The SMILES string of the molecule is O=C(O)C1CCCC(c2cccc3[nH]ccc23)N1. The molecule has 2 aromatic rings. The molecule has 0 amide bonds. The van der Waals surface area contributed by atoms with Gasteiger partial charge in [-0.25, -0.2) is 0 Å². The molecule has 3 rings (SSSR count). The van der Waals surface area contributed by atoms with Crippen LogP contribution in [0.25, 0.3) is 10.9 Å². The Balaban J connectivity index is 1.94. The highest BCUT2D eigenvalue weighted by Gasteiger charge is 2.27. The maximum Gasteiger partial charge on any atom is 0.320 e. The molecule has 0 aliphatic carbocycles. The highest BCUT2D eigenvalue weighted by atomic mass is 16.4. The summed E-state index contributed by atoms with van der Waals surface area (Å²) in [5, 5.41) is 13.5. The van der Waals surface area contributed by atoms with Crippen LogP contribution in [0.1, 0.15) is 30.9 Å². The van der Waals surface area contributed by atoms with E-state index in [9.17, 15) is 4.79 Å². The van der Waals surface area contributed by atoms with E-state index in [2.05, 4.69) is 22.4 Å². The number of carboxylic acids is 1. The Labute approximate surface area is 105 Å². The van der Waals surface area contributed by atoms with Gasteiger partial charge in [-0.1, -0.05) is 12.1 Å². The van der Waals surface area contributed by atoms with Gasteiger partial charge in [0.2, 0.25) is 0 Å². The summed E-state index contributed by atoms with van der Waals surface area (Å²) in [5.41, 5.74) is 2.30. The Morgan fingerprint density at radius 2 is 2.17 bits per heavy atom. The molecule has 0 spiro atoms. The van der Waals surface area contributed by atoms with Gasteiger partial charge in [0.1, 0.15) is 6.04 Å². The average Bonchev–Trinajstić information content (AvgIpc) is 2.87. The van der Waals surface area contributed by atoms with E-state index in [1.807, 2.05) is 18.3 Å². The second kappa shape index (κ2) is 4.46. The highest BCUT2D eigenvalue weighted by molar-refractivity contribution is 5.83. The summed E-state index contributed by atoms with van der Waals surface area (Å²) in [6, 6.07) is 7.91. The van der Waals surface area contributed by atoms with Gasteiger partial charge in [-0.2, -0.15) is 0 Å². The quantitative estimate of drug-likeness (QED) is 0.760. The summed E-state index contributed by atoms with van der Waals surface area (Å²) in [4.78, 5) is 14.3. The second-order valence-electron chi connectivity index (χ2n) is 4.83. The number of hydrogen-bond donors (Lipinski definition) is 3. The Kier molecular flexibility index (Phi) is 2.80. The van der Waals surface area contributed by atoms with Crippen molar-refractivity contribution in [3.05, 3.63) is 36.0 Å². The van der Waals surface area contributed by atoms with Gasteiger partial charge in [-0.3, -0.25) is 10.1 Å². The molecule has 2 atom stereocenters. The maximum atomic E-state index is 11.1. The zero-order valence-electron chi connectivity index (χ0n) is 10.0. The molecule has 1 saturated heterocycles. The molecular weight excluding hydrogens is 228 g/mol. The van der Waals surface area contributed by atoms with E-state index in [1.165, 1.54) is 10.9 Å². The van der Waals surface area contributed by atoms with Crippen molar-refractivity contribution in [1.29, 1.82) is 0 Å². The van der Waals surface area contributed by atoms with Gasteiger partial charge < -0.3 is 10.1 Å². The number of aromatic amines is 1. The minimum Gasteiger partial charge on any atom is -0.480 e. The number of fused-ring (bicyclic) bond motifs is 1. The largest absolute Gasteiger partial charge is 0.480 e. The van der Waals surface area contributed by atoms with Crippen molar-refractivity contribution in [3.63, 3.8) is 0 Å². The van der Waals surface area contributed by atoms with Crippen molar-refractivity contribution in [2.24, 2.45) is 0 Å². The van der Waals surface area contributed by atoms with Gasteiger partial charge in [-0.05, 0) is 37.0 Å². The van der Waals surface area contributed by atoms with E-state index >= 15 is 0 Å². The average molecular weight is 244 g/mol. The van der Waals surface area contributed by atoms with E-state index in [0.29, 0.717) is 0 Å². The van der Waals surface area contributed by atoms with Crippen molar-refractivity contribution < 1.29 is 9.90 Å². The monoisotopic (exact) mass is 244 g/mol. The number of aromatic nitrogens is 1. The van der Waals surface area contributed by atoms with E-state index < -0.39 is 12.0 Å². The van der Waals surface area contributed by atoms with E-state index in [4.69, 9.17) is 5.11 Å². The lowest BCUT2D eigenvalue weighted by Crippen LogP contribution is -2.42. The van der Waals surface area contributed by atoms with Crippen LogP contribution in [0.2, 0.25) is 0 Å². The summed E-state index contributed by atoms with van der Waals surface area (Å²) in [5.74, 6) is -0.749. The van der Waals surface area contributed by atoms with Crippen LogP contribution in [0, 0.1) is 0 Å². The van der Waals surface area contributed by atoms with Crippen molar-refractivity contribution >= 4 is 16.9 Å². The number of aliphatic carboxylic acids is 1. The Bertz CT molecular complexity index is 576. The molecule has 2 heterocycles. The van der Waals surface area contributed by atoms with E-state index in [1.54, 1.807) is 0 Å². The number of rotatable bonds is 2. The first-order chi connectivity index (χ1) is 8.75. The first-order valence-electron chi connectivity index (χ1n) is 6.30. The van der Waals surface area contributed by atoms with Gasteiger partial charge >= 0.3 is 5.97 Å². The molecule has 4 heteroatoms. The first kappa shape index (κ1) is 11.3. The number of nitrogens with one attached hydrogen (secondary N) is 2. The van der Waals surface area contributed by atoms with Crippen LogP contribution < -0.4 is 5.32 Å². The van der Waals surface area contributed by atoms with Gasteiger partial charge in [0.25, 0.3) is 0 Å². The summed E-state index contributed by atoms with van der Waals surface area (Å²) in [7, 11) is 0. The number of benzene rings is 1. The number of carbonyl (C=O) groups is 1. The van der Waals surface area contributed by atoms with Crippen LogP contribution in [-0.4, -0.2) is 22.1 Å².